The van der Waals surface area contributed by atoms with Crippen molar-refractivity contribution in [3.05, 3.63) is 59.9 Å². The average Bonchev–Trinajstić information content (AvgIpc) is 2.98. The molecule has 0 radical (unpaired) electrons. The van der Waals surface area contributed by atoms with Gasteiger partial charge >= 0.3 is 0 Å². The second-order valence-electron chi connectivity index (χ2n) is 5.36. The van der Waals surface area contributed by atoms with E-state index in [2.05, 4.69) is 10.2 Å². The lowest BCUT2D eigenvalue weighted by Gasteiger charge is -2.10. The zero-order valence-corrected chi connectivity index (χ0v) is 13.2. The Morgan fingerprint density at radius 1 is 1.17 bits per heavy atom. The number of phenols is 1. The Balaban J connectivity index is 1.96. The SMILES string of the molecule is CC=COCCc1cc(C)cc(-n2nc3ccccc3n2)c1O. The molecule has 0 saturated heterocycles. The van der Waals surface area contributed by atoms with Gasteiger partial charge < -0.3 is 9.84 Å². The van der Waals surface area contributed by atoms with E-state index in [-0.39, 0.29) is 5.75 Å². The Kier molecular flexibility index (Phi) is 4.28. The fourth-order valence-corrected chi connectivity index (χ4v) is 2.48. The number of allylic oxidation sites excluding steroid dienone is 1. The van der Waals surface area contributed by atoms with Gasteiger partial charge in [0.15, 0.2) is 0 Å². The van der Waals surface area contributed by atoms with E-state index in [1.54, 1.807) is 6.26 Å². The molecule has 23 heavy (non-hydrogen) atoms. The van der Waals surface area contributed by atoms with Crippen LogP contribution in [0.15, 0.2) is 48.7 Å². The number of phenolic OH excluding ortho intramolecular Hbond substituents is 1. The standard InChI is InChI=1S/C18H19N3O2/c1-3-9-23-10-8-14-11-13(2)12-17(18(14)22)21-19-15-6-4-5-7-16(15)20-21/h3-7,9,11-12,22H,8,10H2,1-2H3. The number of hydrogen-bond donors (Lipinski definition) is 1. The molecule has 1 aromatic heterocycles. The fourth-order valence-electron chi connectivity index (χ4n) is 2.48. The first-order valence-electron chi connectivity index (χ1n) is 7.57. The van der Waals surface area contributed by atoms with E-state index in [1.165, 1.54) is 4.80 Å². The molecule has 0 aliphatic heterocycles. The van der Waals surface area contributed by atoms with Crippen molar-refractivity contribution in [1.29, 1.82) is 0 Å². The number of hydrogen-bond acceptors (Lipinski definition) is 4. The van der Waals surface area contributed by atoms with Gasteiger partial charge in [0.05, 0.1) is 12.9 Å². The van der Waals surface area contributed by atoms with Crippen molar-refractivity contribution in [2.45, 2.75) is 20.3 Å². The van der Waals surface area contributed by atoms with Gasteiger partial charge in [-0.25, -0.2) is 0 Å². The number of aromatic hydroxyl groups is 1. The predicted molar refractivity (Wildman–Crippen MR) is 89.7 cm³/mol. The van der Waals surface area contributed by atoms with Gasteiger partial charge in [-0.2, -0.15) is 0 Å². The summed E-state index contributed by atoms with van der Waals surface area (Å²) in [5, 5.41) is 19.5. The first-order valence-corrected chi connectivity index (χ1v) is 7.57. The fraction of sp³-hybridized carbons (Fsp3) is 0.222. The van der Waals surface area contributed by atoms with Crippen LogP contribution in [0.2, 0.25) is 0 Å². The van der Waals surface area contributed by atoms with E-state index < -0.39 is 0 Å². The second kappa shape index (κ2) is 6.52. The summed E-state index contributed by atoms with van der Waals surface area (Å²) in [6, 6.07) is 11.5. The average molecular weight is 309 g/mol. The van der Waals surface area contributed by atoms with E-state index >= 15 is 0 Å². The molecule has 5 nitrogen and oxygen atoms in total. The summed E-state index contributed by atoms with van der Waals surface area (Å²) in [6.45, 7) is 4.40. The first kappa shape index (κ1) is 15.1. The van der Waals surface area contributed by atoms with E-state index in [1.807, 2.05) is 56.3 Å². The Morgan fingerprint density at radius 2 is 1.87 bits per heavy atom. The van der Waals surface area contributed by atoms with Crippen LogP contribution in [-0.4, -0.2) is 26.7 Å². The van der Waals surface area contributed by atoms with Gasteiger partial charge in [-0.15, -0.1) is 15.0 Å². The highest BCUT2D eigenvalue weighted by atomic mass is 16.5. The van der Waals surface area contributed by atoms with Gasteiger partial charge in [-0.05, 0) is 43.2 Å². The number of nitrogens with zero attached hydrogens (tertiary/aromatic N) is 3. The molecular weight excluding hydrogens is 290 g/mol. The smallest absolute Gasteiger partial charge is 0.146 e. The van der Waals surface area contributed by atoms with E-state index in [9.17, 15) is 5.11 Å². The molecule has 0 unspecified atom stereocenters. The molecular formula is C18H19N3O2. The van der Waals surface area contributed by atoms with Crippen molar-refractivity contribution in [3.8, 4) is 11.4 Å². The summed E-state index contributed by atoms with van der Waals surface area (Å²) in [5.41, 5.74) is 4.05. The molecule has 1 N–H and O–H groups in total. The van der Waals surface area contributed by atoms with Crippen LogP contribution in [0.3, 0.4) is 0 Å². The Hall–Kier alpha value is -2.82. The van der Waals surface area contributed by atoms with Gasteiger partial charge in [0, 0.05) is 6.42 Å². The molecule has 5 heteroatoms. The van der Waals surface area contributed by atoms with Crippen LogP contribution in [-0.2, 0) is 11.2 Å². The van der Waals surface area contributed by atoms with Gasteiger partial charge in [-0.1, -0.05) is 24.3 Å². The molecule has 118 valence electrons. The van der Waals surface area contributed by atoms with Crippen LogP contribution >= 0.6 is 0 Å². The summed E-state index contributed by atoms with van der Waals surface area (Å²) in [6.07, 6.45) is 4.10. The summed E-state index contributed by atoms with van der Waals surface area (Å²) < 4.78 is 5.35. The molecule has 0 aliphatic carbocycles. The van der Waals surface area contributed by atoms with Gasteiger partial charge in [0.1, 0.15) is 22.5 Å². The van der Waals surface area contributed by atoms with Crippen LogP contribution in [0.4, 0.5) is 0 Å². The molecule has 0 amide bonds. The monoisotopic (exact) mass is 309 g/mol. The molecule has 0 fully saturated rings. The Bertz CT molecular complexity index is 820. The first-order chi connectivity index (χ1) is 11.2. The third-order valence-electron chi connectivity index (χ3n) is 3.54. The summed E-state index contributed by atoms with van der Waals surface area (Å²) in [4.78, 5) is 1.49. The van der Waals surface area contributed by atoms with E-state index in [4.69, 9.17) is 4.74 Å². The molecule has 0 spiro atoms. The summed E-state index contributed by atoms with van der Waals surface area (Å²) in [5.74, 6) is 0.194. The van der Waals surface area contributed by atoms with Crippen molar-refractivity contribution in [1.82, 2.24) is 15.0 Å². The molecule has 3 rings (SSSR count). The minimum atomic E-state index is 0.194. The number of aromatic nitrogens is 3. The Morgan fingerprint density at radius 3 is 2.52 bits per heavy atom. The third-order valence-corrected chi connectivity index (χ3v) is 3.54. The minimum absolute atomic E-state index is 0.194. The Labute approximate surface area is 134 Å². The lowest BCUT2D eigenvalue weighted by molar-refractivity contribution is 0.252. The van der Waals surface area contributed by atoms with Crippen LogP contribution in [0.1, 0.15) is 18.1 Å². The van der Waals surface area contributed by atoms with Crippen molar-refractivity contribution >= 4 is 11.0 Å². The van der Waals surface area contributed by atoms with Crippen molar-refractivity contribution in [3.63, 3.8) is 0 Å². The molecule has 2 aromatic carbocycles. The van der Waals surface area contributed by atoms with Crippen LogP contribution in [0.5, 0.6) is 5.75 Å². The van der Waals surface area contributed by atoms with E-state index in [0.717, 1.165) is 22.2 Å². The van der Waals surface area contributed by atoms with E-state index in [0.29, 0.717) is 18.7 Å². The van der Waals surface area contributed by atoms with Gasteiger partial charge in [0.25, 0.3) is 0 Å². The molecule has 0 bridgehead atoms. The topological polar surface area (TPSA) is 60.2 Å². The number of ether oxygens (including phenoxy) is 1. The van der Waals surface area contributed by atoms with Gasteiger partial charge in [0.2, 0.25) is 0 Å². The minimum Gasteiger partial charge on any atom is -0.505 e. The normalized spacial score (nSPS) is 11.4. The van der Waals surface area contributed by atoms with Crippen molar-refractivity contribution < 1.29 is 9.84 Å². The maximum Gasteiger partial charge on any atom is 0.146 e. The number of fused-ring (bicyclic) bond motifs is 1. The molecule has 0 aliphatic rings. The predicted octanol–water partition coefficient (Wildman–Crippen LogP) is 3.53. The maximum absolute atomic E-state index is 10.6. The van der Waals surface area contributed by atoms with Gasteiger partial charge in [-0.3, -0.25) is 0 Å². The van der Waals surface area contributed by atoms with Crippen LogP contribution < -0.4 is 0 Å². The lowest BCUT2D eigenvalue weighted by atomic mass is 10.1. The highest BCUT2D eigenvalue weighted by Gasteiger charge is 2.13. The largest absolute Gasteiger partial charge is 0.505 e. The second-order valence-corrected chi connectivity index (χ2v) is 5.36. The number of rotatable bonds is 5. The zero-order valence-electron chi connectivity index (χ0n) is 13.2. The van der Waals surface area contributed by atoms with Crippen molar-refractivity contribution in [2.24, 2.45) is 0 Å². The quantitative estimate of drug-likeness (QED) is 0.578. The summed E-state index contributed by atoms with van der Waals surface area (Å²) >= 11 is 0. The third kappa shape index (κ3) is 3.18. The summed E-state index contributed by atoms with van der Waals surface area (Å²) in [7, 11) is 0. The van der Waals surface area contributed by atoms with Crippen molar-refractivity contribution in [2.75, 3.05) is 6.61 Å². The highest BCUT2D eigenvalue weighted by Crippen LogP contribution is 2.28. The van der Waals surface area contributed by atoms with Crippen LogP contribution in [0.25, 0.3) is 16.7 Å². The number of aryl methyl sites for hydroxylation is 1. The molecule has 1 heterocycles. The maximum atomic E-state index is 10.6. The highest BCUT2D eigenvalue weighted by molar-refractivity contribution is 5.73. The zero-order chi connectivity index (χ0) is 16.2. The molecule has 0 atom stereocenters. The molecule has 3 aromatic rings. The van der Waals surface area contributed by atoms with Crippen LogP contribution in [0, 0.1) is 6.92 Å². The lowest BCUT2D eigenvalue weighted by Crippen LogP contribution is -2.03. The number of benzene rings is 2. The molecule has 0 saturated carbocycles.